The second kappa shape index (κ2) is 15.0. The van der Waals surface area contributed by atoms with Crippen LogP contribution in [0.25, 0.3) is 0 Å². The van der Waals surface area contributed by atoms with Crippen LogP contribution in [0.4, 0.5) is 5.69 Å². The van der Waals surface area contributed by atoms with Gasteiger partial charge in [0.25, 0.3) is 10.0 Å². The molecule has 0 saturated carbocycles. The van der Waals surface area contributed by atoms with E-state index in [9.17, 15) is 18.0 Å². The molecule has 1 N–H and O–H groups in total. The topological polar surface area (TPSA) is 86.8 Å². The van der Waals surface area contributed by atoms with Crippen LogP contribution in [0.3, 0.4) is 0 Å². The van der Waals surface area contributed by atoms with Crippen molar-refractivity contribution in [3.63, 3.8) is 0 Å². The standard InChI is InChI=1S/C33H33BrIN3O4S/c1-24(2)36-33(40)31(21-25-10-5-3-6-11-25)37(22-26-12-9-13-27(34)20-26)32(39)23-38(29-18-16-28(35)17-19-29)43(41,42)30-14-7-4-8-15-30/h3-20,24,31H,21-23H2,1-2H3,(H,36,40). The molecule has 224 valence electrons. The van der Waals surface area contributed by atoms with Gasteiger partial charge in [0.05, 0.1) is 10.6 Å². The summed E-state index contributed by atoms with van der Waals surface area (Å²) in [6, 6.07) is 30.9. The first-order chi connectivity index (χ1) is 20.5. The average molecular weight is 775 g/mol. The molecule has 10 heteroatoms. The molecule has 0 aromatic heterocycles. The van der Waals surface area contributed by atoms with Crippen molar-refractivity contribution in [3.8, 4) is 0 Å². The fraction of sp³-hybridized carbons (Fsp3) is 0.212. The molecule has 0 bridgehead atoms. The van der Waals surface area contributed by atoms with Crippen molar-refractivity contribution in [2.75, 3.05) is 10.8 Å². The molecule has 4 aromatic carbocycles. The highest BCUT2D eigenvalue weighted by Gasteiger charge is 2.34. The van der Waals surface area contributed by atoms with Gasteiger partial charge in [0.15, 0.2) is 0 Å². The van der Waals surface area contributed by atoms with Gasteiger partial charge in [-0.15, -0.1) is 0 Å². The summed E-state index contributed by atoms with van der Waals surface area (Å²) >= 11 is 5.65. The van der Waals surface area contributed by atoms with E-state index in [-0.39, 0.29) is 29.8 Å². The largest absolute Gasteiger partial charge is 0.352 e. The normalized spacial score (nSPS) is 12.0. The minimum absolute atomic E-state index is 0.0678. The Labute approximate surface area is 275 Å². The van der Waals surface area contributed by atoms with Crippen molar-refractivity contribution in [3.05, 3.63) is 128 Å². The van der Waals surface area contributed by atoms with E-state index in [0.717, 1.165) is 23.5 Å². The summed E-state index contributed by atoms with van der Waals surface area (Å²) in [5.41, 5.74) is 2.03. The third-order valence-corrected chi connectivity index (χ3v) is 9.67. The Morgan fingerprint density at radius 2 is 1.44 bits per heavy atom. The first-order valence-corrected chi connectivity index (χ1v) is 17.1. The molecule has 4 rings (SSSR count). The zero-order chi connectivity index (χ0) is 31.0. The average Bonchev–Trinajstić information content (AvgIpc) is 2.98. The number of rotatable bonds is 12. The number of carbonyl (C=O) groups excluding carboxylic acids is 2. The van der Waals surface area contributed by atoms with Crippen molar-refractivity contribution in [1.82, 2.24) is 10.2 Å². The van der Waals surface area contributed by atoms with Crippen LogP contribution in [-0.4, -0.2) is 43.8 Å². The molecule has 1 unspecified atom stereocenters. The number of nitrogens with zero attached hydrogens (tertiary/aromatic N) is 2. The van der Waals surface area contributed by atoms with E-state index < -0.39 is 28.5 Å². The number of benzene rings is 4. The van der Waals surface area contributed by atoms with Crippen molar-refractivity contribution in [2.24, 2.45) is 0 Å². The van der Waals surface area contributed by atoms with Crippen LogP contribution in [0.5, 0.6) is 0 Å². The molecule has 7 nitrogen and oxygen atoms in total. The fourth-order valence-electron chi connectivity index (χ4n) is 4.62. The number of nitrogens with one attached hydrogen (secondary N) is 1. The third-order valence-electron chi connectivity index (χ3n) is 6.67. The van der Waals surface area contributed by atoms with Gasteiger partial charge in [0, 0.05) is 27.1 Å². The van der Waals surface area contributed by atoms with E-state index in [1.54, 1.807) is 42.5 Å². The number of carbonyl (C=O) groups is 2. The number of anilines is 1. The van der Waals surface area contributed by atoms with Crippen LogP contribution in [0, 0.1) is 3.57 Å². The highest BCUT2D eigenvalue weighted by molar-refractivity contribution is 14.1. The van der Waals surface area contributed by atoms with E-state index in [1.807, 2.05) is 68.4 Å². The molecular weight excluding hydrogens is 741 g/mol. The predicted molar refractivity (Wildman–Crippen MR) is 182 cm³/mol. The Morgan fingerprint density at radius 3 is 2.05 bits per heavy atom. The molecular formula is C33H33BrIN3O4S. The molecule has 0 saturated heterocycles. The van der Waals surface area contributed by atoms with Gasteiger partial charge in [-0.1, -0.05) is 76.6 Å². The monoisotopic (exact) mass is 773 g/mol. The van der Waals surface area contributed by atoms with Gasteiger partial charge in [-0.25, -0.2) is 8.42 Å². The maximum absolute atomic E-state index is 14.4. The lowest BCUT2D eigenvalue weighted by Crippen LogP contribution is -2.54. The summed E-state index contributed by atoms with van der Waals surface area (Å²) < 4.78 is 30.8. The van der Waals surface area contributed by atoms with Crippen LogP contribution < -0.4 is 9.62 Å². The Kier molecular flexibility index (Phi) is 11.4. The molecule has 4 aromatic rings. The van der Waals surface area contributed by atoms with Crippen LogP contribution in [-0.2, 0) is 32.6 Å². The predicted octanol–water partition coefficient (Wildman–Crippen LogP) is 6.41. The minimum Gasteiger partial charge on any atom is -0.352 e. The van der Waals surface area contributed by atoms with E-state index in [1.165, 1.54) is 17.0 Å². The summed E-state index contributed by atoms with van der Waals surface area (Å²) in [5.74, 6) is -0.813. The number of hydrogen-bond acceptors (Lipinski definition) is 4. The summed E-state index contributed by atoms with van der Waals surface area (Å²) in [6.07, 6.45) is 0.258. The number of amides is 2. The number of halogens is 2. The van der Waals surface area contributed by atoms with Crippen LogP contribution >= 0.6 is 38.5 Å². The zero-order valence-corrected chi connectivity index (χ0v) is 28.4. The second-order valence-corrected chi connectivity index (χ2v) is 14.3. The van der Waals surface area contributed by atoms with Crippen LogP contribution in [0.1, 0.15) is 25.0 Å². The Morgan fingerprint density at radius 1 is 0.837 bits per heavy atom. The first kappa shape index (κ1) is 32.7. The SMILES string of the molecule is CC(C)NC(=O)C(Cc1ccccc1)N(Cc1cccc(Br)c1)C(=O)CN(c1ccc(I)cc1)S(=O)(=O)c1ccccc1. The lowest BCUT2D eigenvalue weighted by Gasteiger charge is -2.34. The molecule has 0 spiro atoms. The van der Waals surface area contributed by atoms with Gasteiger partial charge in [-0.05, 0) is 96.1 Å². The van der Waals surface area contributed by atoms with Gasteiger partial charge >= 0.3 is 0 Å². The first-order valence-electron chi connectivity index (χ1n) is 13.8. The van der Waals surface area contributed by atoms with E-state index in [2.05, 4.69) is 43.8 Å². The van der Waals surface area contributed by atoms with Gasteiger partial charge in [-0.3, -0.25) is 13.9 Å². The molecule has 2 amide bonds. The summed E-state index contributed by atoms with van der Waals surface area (Å²) in [6.45, 7) is 3.34. The Hall–Kier alpha value is -3.22. The number of hydrogen-bond donors (Lipinski definition) is 1. The Balaban J connectivity index is 1.79. The van der Waals surface area contributed by atoms with Crippen molar-refractivity contribution in [2.45, 2.75) is 43.8 Å². The van der Waals surface area contributed by atoms with Crippen LogP contribution in [0.15, 0.2) is 119 Å². The van der Waals surface area contributed by atoms with E-state index in [0.29, 0.717) is 5.69 Å². The highest BCUT2D eigenvalue weighted by Crippen LogP contribution is 2.26. The molecule has 43 heavy (non-hydrogen) atoms. The van der Waals surface area contributed by atoms with E-state index >= 15 is 0 Å². The number of sulfonamides is 1. The second-order valence-electron chi connectivity index (χ2n) is 10.3. The lowest BCUT2D eigenvalue weighted by molar-refractivity contribution is -0.140. The molecule has 1 atom stereocenters. The van der Waals surface area contributed by atoms with Crippen molar-refractivity contribution in [1.29, 1.82) is 0 Å². The molecule has 0 heterocycles. The molecule has 0 fully saturated rings. The van der Waals surface area contributed by atoms with Crippen molar-refractivity contribution < 1.29 is 18.0 Å². The summed E-state index contributed by atoms with van der Waals surface area (Å²) in [7, 11) is -4.12. The summed E-state index contributed by atoms with van der Waals surface area (Å²) in [5, 5.41) is 2.97. The minimum atomic E-state index is -4.12. The maximum Gasteiger partial charge on any atom is 0.264 e. The molecule has 0 aliphatic carbocycles. The highest BCUT2D eigenvalue weighted by atomic mass is 127. The smallest absolute Gasteiger partial charge is 0.264 e. The lowest BCUT2D eigenvalue weighted by atomic mass is 10.0. The van der Waals surface area contributed by atoms with E-state index in [4.69, 9.17) is 0 Å². The molecule has 0 aliphatic rings. The van der Waals surface area contributed by atoms with Gasteiger partial charge in [-0.2, -0.15) is 0 Å². The van der Waals surface area contributed by atoms with Gasteiger partial charge in [0.2, 0.25) is 11.8 Å². The van der Waals surface area contributed by atoms with Gasteiger partial charge < -0.3 is 10.2 Å². The summed E-state index contributed by atoms with van der Waals surface area (Å²) in [4.78, 5) is 29.7. The Bertz CT molecular complexity index is 1640. The van der Waals surface area contributed by atoms with Crippen molar-refractivity contribution >= 4 is 66.0 Å². The molecule has 0 radical (unpaired) electrons. The quantitative estimate of drug-likeness (QED) is 0.169. The fourth-order valence-corrected chi connectivity index (χ4v) is 6.86. The third kappa shape index (κ3) is 8.90. The molecule has 0 aliphatic heterocycles. The van der Waals surface area contributed by atoms with Gasteiger partial charge in [0.1, 0.15) is 12.6 Å². The maximum atomic E-state index is 14.4. The zero-order valence-electron chi connectivity index (χ0n) is 23.9. The van der Waals surface area contributed by atoms with Crippen LogP contribution in [0.2, 0.25) is 0 Å².